The summed E-state index contributed by atoms with van der Waals surface area (Å²) in [6.07, 6.45) is 3.36. The molecule has 1 amide bonds. The fourth-order valence-corrected chi connectivity index (χ4v) is 2.47. The Morgan fingerprint density at radius 2 is 2.10 bits per heavy atom. The van der Waals surface area contributed by atoms with Crippen molar-refractivity contribution in [2.24, 2.45) is 0 Å². The van der Waals surface area contributed by atoms with Crippen molar-refractivity contribution in [3.8, 4) is 5.75 Å². The highest BCUT2D eigenvalue weighted by Gasteiger charge is 2.21. The van der Waals surface area contributed by atoms with Crippen LogP contribution < -0.4 is 4.74 Å². The zero-order valence-corrected chi connectivity index (χ0v) is 13.2. The number of amides is 1. The number of rotatable bonds is 2. The van der Waals surface area contributed by atoms with E-state index in [4.69, 9.17) is 4.74 Å². The van der Waals surface area contributed by atoms with Crippen molar-refractivity contribution in [2.75, 3.05) is 27.7 Å². The summed E-state index contributed by atoms with van der Waals surface area (Å²) in [6, 6.07) is 8.31. The van der Waals surface area contributed by atoms with E-state index in [1.807, 2.05) is 18.2 Å². The number of hydrogen-bond donors (Lipinski definition) is 0. The molecule has 1 heterocycles. The molecule has 0 aromatic heterocycles. The topological polar surface area (TPSA) is 32.8 Å². The molecule has 1 unspecified atom stereocenters. The molecule has 5 heteroatoms. The number of hydrogen-bond acceptors (Lipinski definition) is 3. The second-order valence-corrected chi connectivity index (χ2v) is 5.33. The molecule has 1 aliphatic rings. The SMILES string of the molecule is CN(C)C(=O)Oc1cccc(C2CCCCN2C)c1.Cl. The molecule has 1 saturated heterocycles. The maximum Gasteiger partial charge on any atom is 0.414 e. The summed E-state index contributed by atoms with van der Waals surface area (Å²) >= 11 is 0. The van der Waals surface area contributed by atoms with E-state index in [1.165, 1.54) is 29.7 Å². The summed E-state index contributed by atoms with van der Waals surface area (Å²) < 4.78 is 5.31. The smallest absolute Gasteiger partial charge is 0.410 e. The van der Waals surface area contributed by atoms with E-state index >= 15 is 0 Å². The van der Waals surface area contributed by atoms with E-state index in [0.717, 1.165) is 6.54 Å². The zero-order chi connectivity index (χ0) is 13.8. The first kappa shape index (κ1) is 16.8. The lowest BCUT2D eigenvalue weighted by Crippen LogP contribution is -2.29. The van der Waals surface area contributed by atoms with Gasteiger partial charge in [0.1, 0.15) is 5.75 Å². The summed E-state index contributed by atoms with van der Waals surface area (Å²) in [5.41, 5.74) is 1.23. The van der Waals surface area contributed by atoms with Crippen LogP contribution in [0.15, 0.2) is 24.3 Å². The van der Waals surface area contributed by atoms with Gasteiger partial charge in [-0.2, -0.15) is 0 Å². The fraction of sp³-hybridized carbons (Fsp3) is 0.533. The maximum atomic E-state index is 11.6. The molecule has 0 N–H and O–H groups in total. The van der Waals surface area contributed by atoms with Crippen LogP contribution in [0.2, 0.25) is 0 Å². The largest absolute Gasteiger partial charge is 0.414 e. The molecule has 0 bridgehead atoms. The molecule has 1 fully saturated rings. The monoisotopic (exact) mass is 298 g/mol. The van der Waals surface area contributed by atoms with Crippen molar-refractivity contribution < 1.29 is 9.53 Å². The molecule has 0 spiro atoms. The number of likely N-dealkylation sites (tertiary alicyclic amines) is 1. The Hall–Kier alpha value is -1.26. The Kier molecular flexibility index (Phi) is 6.30. The first-order valence-corrected chi connectivity index (χ1v) is 6.77. The molecule has 4 nitrogen and oxygen atoms in total. The summed E-state index contributed by atoms with van der Waals surface area (Å²) in [5.74, 6) is 0.621. The third-order valence-corrected chi connectivity index (χ3v) is 3.58. The molecule has 112 valence electrons. The molecule has 0 aliphatic carbocycles. The fourth-order valence-electron chi connectivity index (χ4n) is 2.47. The molecular formula is C15H23ClN2O2. The predicted octanol–water partition coefficient (Wildman–Crippen LogP) is 3.33. The zero-order valence-electron chi connectivity index (χ0n) is 12.3. The quantitative estimate of drug-likeness (QED) is 0.839. The summed E-state index contributed by atoms with van der Waals surface area (Å²) in [7, 11) is 5.52. The van der Waals surface area contributed by atoms with Crippen LogP contribution in [0.4, 0.5) is 4.79 Å². The number of halogens is 1. The third kappa shape index (κ3) is 4.12. The number of benzene rings is 1. The first-order chi connectivity index (χ1) is 9.08. The van der Waals surface area contributed by atoms with Gasteiger partial charge in [-0.1, -0.05) is 18.6 Å². The molecule has 2 rings (SSSR count). The van der Waals surface area contributed by atoms with Gasteiger partial charge in [-0.15, -0.1) is 12.4 Å². The molecule has 1 aromatic rings. The minimum atomic E-state index is -0.339. The highest BCUT2D eigenvalue weighted by Crippen LogP contribution is 2.31. The van der Waals surface area contributed by atoms with Crippen LogP contribution in [0, 0.1) is 0 Å². The van der Waals surface area contributed by atoms with Crippen LogP contribution >= 0.6 is 12.4 Å². The van der Waals surface area contributed by atoms with Crippen molar-refractivity contribution in [3.05, 3.63) is 29.8 Å². The highest BCUT2D eigenvalue weighted by atomic mass is 35.5. The van der Waals surface area contributed by atoms with Gasteiger partial charge >= 0.3 is 6.09 Å². The average molecular weight is 299 g/mol. The van der Waals surface area contributed by atoms with Crippen LogP contribution in [-0.4, -0.2) is 43.6 Å². The lowest BCUT2D eigenvalue weighted by molar-refractivity contribution is 0.171. The minimum absolute atomic E-state index is 0. The van der Waals surface area contributed by atoms with E-state index < -0.39 is 0 Å². The van der Waals surface area contributed by atoms with Crippen LogP contribution in [0.1, 0.15) is 30.9 Å². The highest BCUT2D eigenvalue weighted by molar-refractivity contribution is 5.85. The maximum absolute atomic E-state index is 11.6. The summed E-state index contributed by atoms with van der Waals surface area (Å²) in [4.78, 5) is 15.4. The van der Waals surface area contributed by atoms with Gasteiger partial charge in [-0.25, -0.2) is 4.79 Å². The lowest BCUT2D eigenvalue weighted by atomic mass is 9.96. The Morgan fingerprint density at radius 3 is 2.75 bits per heavy atom. The van der Waals surface area contributed by atoms with Crippen molar-refractivity contribution in [1.82, 2.24) is 9.80 Å². The van der Waals surface area contributed by atoms with E-state index in [0.29, 0.717) is 11.8 Å². The van der Waals surface area contributed by atoms with E-state index in [1.54, 1.807) is 14.1 Å². The lowest BCUT2D eigenvalue weighted by Gasteiger charge is -2.32. The van der Waals surface area contributed by atoms with Crippen molar-refractivity contribution in [2.45, 2.75) is 25.3 Å². The Labute approximate surface area is 127 Å². The molecule has 20 heavy (non-hydrogen) atoms. The summed E-state index contributed by atoms with van der Waals surface area (Å²) in [6.45, 7) is 1.13. The van der Waals surface area contributed by atoms with Gasteiger partial charge in [0.2, 0.25) is 0 Å². The van der Waals surface area contributed by atoms with Gasteiger partial charge in [0, 0.05) is 20.1 Å². The second-order valence-electron chi connectivity index (χ2n) is 5.33. The molecule has 1 aliphatic heterocycles. The van der Waals surface area contributed by atoms with Crippen LogP contribution in [-0.2, 0) is 0 Å². The third-order valence-electron chi connectivity index (χ3n) is 3.58. The van der Waals surface area contributed by atoms with Crippen LogP contribution in [0.25, 0.3) is 0 Å². The molecule has 1 atom stereocenters. The Balaban J connectivity index is 0.00000200. The Bertz CT molecular complexity index is 451. The number of nitrogens with zero attached hydrogens (tertiary/aromatic N) is 2. The number of piperidine rings is 1. The summed E-state index contributed by atoms with van der Waals surface area (Å²) in [5, 5.41) is 0. The van der Waals surface area contributed by atoms with Crippen LogP contribution in [0.3, 0.4) is 0 Å². The van der Waals surface area contributed by atoms with Gasteiger partial charge in [0.05, 0.1) is 0 Å². The van der Waals surface area contributed by atoms with Crippen molar-refractivity contribution in [3.63, 3.8) is 0 Å². The molecular weight excluding hydrogens is 276 g/mol. The van der Waals surface area contributed by atoms with Gasteiger partial charge < -0.3 is 9.64 Å². The van der Waals surface area contributed by atoms with Gasteiger partial charge in [-0.3, -0.25) is 4.90 Å². The molecule has 0 saturated carbocycles. The standard InChI is InChI=1S/C15H22N2O2.ClH/c1-16(2)15(18)19-13-8-6-7-12(11-13)14-9-4-5-10-17(14)3;/h6-8,11,14H,4-5,9-10H2,1-3H3;1H. The average Bonchev–Trinajstić information content (AvgIpc) is 2.39. The van der Waals surface area contributed by atoms with Gasteiger partial charge in [-0.05, 0) is 44.1 Å². The second kappa shape index (κ2) is 7.50. The first-order valence-electron chi connectivity index (χ1n) is 6.77. The number of carbonyl (C=O) groups is 1. The van der Waals surface area contributed by atoms with Gasteiger partial charge in [0.15, 0.2) is 0 Å². The molecule has 1 aromatic carbocycles. The van der Waals surface area contributed by atoms with Crippen molar-refractivity contribution >= 4 is 18.5 Å². The number of carbonyl (C=O) groups excluding carboxylic acids is 1. The van der Waals surface area contributed by atoms with E-state index in [9.17, 15) is 4.79 Å². The normalized spacial score (nSPS) is 19.1. The van der Waals surface area contributed by atoms with Crippen molar-refractivity contribution in [1.29, 1.82) is 0 Å². The number of ether oxygens (including phenoxy) is 1. The minimum Gasteiger partial charge on any atom is -0.410 e. The van der Waals surface area contributed by atoms with E-state index in [2.05, 4.69) is 18.0 Å². The molecule has 0 radical (unpaired) electrons. The Morgan fingerprint density at radius 1 is 1.35 bits per heavy atom. The van der Waals surface area contributed by atoms with Crippen LogP contribution in [0.5, 0.6) is 5.75 Å². The predicted molar refractivity (Wildman–Crippen MR) is 82.6 cm³/mol. The van der Waals surface area contributed by atoms with Gasteiger partial charge in [0.25, 0.3) is 0 Å². The van der Waals surface area contributed by atoms with E-state index in [-0.39, 0.29) is 18.5 Å².